The first-order chi connectivity index (χ1) is 15.2. The van der Waals surface area contributed by atoms with Crippen molar-refractivity contribution in [1.82, 2.24) is 0 Å². The van der Waals surface area contributed by atoms with E-state index in [9.17, 15) is 5.26 Å². The third kappa shape index (κ3) is 7.27. The molecule has 0 heterocycles. The number of benzene rings is 2. The molecule has 2 aromatic carbocycles. The van der Waals surface area contributed by atoms with Crippen molar-refractivity contribution in [3.63, 3.8) is 0 Å². The number of nitriles is 1. The second-order valence-corrected chi connectivity index (χ2v) is 8.74. The van der Waals surface area contributed by atoms with Crippen LogP contribution in [0.15, 0.2) is 42.5 Å². The van der Waals surface area contributed by atoms with E-state index >= 15 is 0 Å². The van der Waals surface area contributed by atoms with Crippen molar-refractivity contribution in [3.05, 3.63) is 70.3 Å². The van der Waals surface area contributed by atoms with Gasteiger partial charge >= 0.3 is 0 Å². The highest BCUT2D eigenvalue weighted by molar-refractivity contribution is 5.52. The Kier molecular flexibility index (Phi) is 9.20. The largest absolute Gasteiger partial charge is 0.378 e. The average Bonchev–Trinajstić information content (AvgIpc) is 2.82. The Morgan fingerprint density at radius 1 is 0.839 bits per heavy atom. The average molecular weight is 414 g/mol. The lowest BCUT2D eigenvalue weighted by Gasteiger charge is -2.28. The van der Waals surface area contributed by atoms with Gasteiger partial charge < -0.3 is 4.74 Å². The molecular weight excluding hydrogens is 378 g/mol. The Morgan fingerprint density at radius 2 is 1.58 bits per heavy atom. The monoisotopic (exact) mass is 413 g/mol. The van der Waals surface area contributed by atoms with Gasteiger partial charge in [0.15, 0.2) is 0 Å². The summed E-state index contributed by atoms with van der Waals surface area (Å²) in [6, 6.07) is 17.0. The van der Waals surface area contributed by atoms with Crippen LogP contribution in [0.25, 0.3) is 0 Å². The lowest BCUT2D eigenvalue weighted by Crippen LogP contribution is -2.22. The molecule has 2 aromatic rings. The van der Waals surface area contributed by atoms with Crippen molar-refractivity contribution in [2.45, 2.75) is 77.7 Å². The van der Waals surface area contributed by atoms with Gasteiger partial charge in [-0.3, -0.25) is 0 Å². The van der Waals surface area contributed by atoms with E-state index in [1.165, 1.54) is 43.2 Å². The summed E-state index contributed by atoms with van der Waals surface area (Å²) in [7, 11) is 0. The molecule has 0 unspecified atom stereocenters. The Balaban J connectivity index is 1.55. The van der Waals surface area contributed by atoms with Crippen LogP contribution in [0.5, 0.6) is 0 Å². The zero-order chi connectivity index (χ0) is 21.9. The first-order valence-corrected chi connectivity index (χ1v) is 12.0. The summed E-state index contributed by atoms with van der Waals surface area (Å²) in [4.78, 5) is 0. The minimum atomic E-state index is 0.474. The van der Waals surface area contributed by atoms with E-state index in [1.54, 1.807) is 0 Å². The molecule has 1 saturated carbocycles. The highest BCUT2D eigenvalue weighted by atomic mass is 16.5. The minimum absolute atomic E-state index is 0.474. The molecular formula is C29H35NO. The third-order valence-electron chi connectivity index (χ3n) is 6.23. The van der Waals surface area contributed by atoms with Crippen LogP contribution in [0, 0.1) is 29.1 Å². The minimum Gasteiger partial charge on any atom is -0.378 e. The predicted molar refractivity (Wildman–Crippen MR) is 128 cm³/mol. The van der Waals surface area contributed by atoms with Crippen molar-refractivity contribution in [3.8, 4) is 17.9 Å². The van der Waals surface area contributed by atoms with Crippen LogP contribution in [0.3, 0.4) is 0 Å². The predicted octanol–water partition coefficient (Wildman–Crippen LogP) is 6.83. The summed E-state index contributed by atoms with van der Waals surface area (Å²) >= 11 is 0. The van der Waals surface area contributed by atoms with Crippen LogP contribution in [0.4, 0.5) is 0 Å². The quantitative estimate of drug-likeness (QED) is 0.444. The van der Waals surface area contributed by atoms with Gasteiger partial charge in [-0.1, -0.05) is 50.3 Å². The molecule has 2 heteroatoms. The highest BCUT2D eigenvalue weighted by Crippen LogP contribution is 2.30. The van der Waals surface area contributed by atoms with Crippen molar-refractivity contribution in [2.24, 2.45) is 5.92 Å². The SMILES string of the molecule is CCCOC1CCC(CCc2ccc(C#Cc3ccc(CCC)cc3)c(C#N)c2)CC1. The van der Waals surface area contributed by atoms with Crippen molar-refractivity contribution >= 4 is 0 Å². The van der Waals surface area contributed by atoms with Gasteiger partial charge in [-0.05, 0) is 92.7 Å². The summed E-state index contributed by atoms with van der Waals surface area (Å²) in [6.45, 7) is 5.25. The van der Waals surface area contributed by atoms with Crippen molar-refractivity contribution in [1.29, 1.82) is 5.26 Å². The van der Waals surface area contributed by atoms with E-state index in [0.717, 1.165) is 49.3 Å². The lowest BCUT2D eigenvalue weighted by atomic mass is 9.83. The fourth-order valence-electron chi connectivity index (χ4n) is 4.37. The van der Waals surface area contributed by atoms with Gasteiger partial charge in [0.1, 0.15) is 6.07 Å². The Bertz CT molecular complexity index is 918. The van der Waals surface area contributed by atoms with Gasteiger partial charge in [0.25, 0.3) is 0 Å². The molecule has 3 rings (SSSR count). The van der Waals surface area contributed by atoms with Crippen LogP contribution in [0.2, 0.25) is 0 Å². The summed E-state index contributed by atoms with van der Waals surface area (Å²) in [6.07, 6.45) is 11.0. The molecule has 0 bridgehead atoms. The third-order valence-corrected chi connectivity index (χ3v) is 6.23. The van der Waals surface area contributed by atoms with Gasteiger partial charge in [0.2, 0.25) is 0 Å². The van der Waals surface area contributed by atoms with Crippen LogP contribution in [-0.2, 0) is 17.6 Å². The van der Waals surface area contributed by atoms with Crippen LogP contribution in [0.1, 0.15) is 86.6 Å². The lowest BCUT2D eigenvalue weighted by molar-refractivity contribution is 0.0177. The molecule has 0 aliphatic heterocycles. The number of aryl methyl sites for hydroxylation is 2. The van der Waals surface area contributed by atoms with Gasteiger partial charge in [0.05, 0.1) is 11.7 Å². The Hall–Kier alpha value is -2.55. The molecule has 0 radical (unpaired) electrons. The molecule has 0 amide bonds. The molecule has 0 atom stereocenters. The first kappa shape index (κ1) is 23.1. The number of ether oxygens (including phenoxy) is 1. The van der Waals surface area contributed by atoms with Gasteiger partial charge in [-0.2, -0.15) is 5.26 Å². The summed E-state index contributed by atoms with van der Waals surface area (Å²) in [5.41, 5.74) is 5.08. The van der Waals surface area contributed by atoms with Crippen LogP contribution >= 0.6 is 0 Å². The second kappa shape index (κ2) is 12.3. The van der Waals surface area contributed by atoms with Gasteiger partial charge in [-0.15, -0.1) is 0 Å². The molecule has 0 aromatic heterocycles. The van der Waals surface area contributed by atoms with Crippen LogP contribution in [-0.4, -0.2) is 12.7 Å². The molecule has 162 valence electrons. The molecule has 1 fully saturated rings. The maximum Gasteiger partial charge on any atom is 0.100 e. The van der Waals surface area contributed by atoms with E-state index in [-0.39, 0.29) is 0 Å². The molecule has 0 N–H and O–H groups in total. The fraction of sp³-hybridized carbons (Fsp3) is 0.483. The van der Waals surface area contributed by atoms with Gasteiger partial charge in [-0.25, -0.2) is 0 Å². The Morgan fingerprint density at radius 3 is 2.26 bits per heavy atom. The number of hydrogen-bond donors (Lipinski definition) is 0. The van der Waals surface area contributed by atoms with Crippen molar-refractivity contribution < 1.29 is 4.74 Å². The molecule has 1 aliphatic rings. The molecule has 0 spiro atoms. The van der Waals surface area contributed by atoms with E-state index in [1.807, 2.05) is 12.1 Å². The smallest absolute Gasteiger partial charge is 0.100 e. The molecule has 2 nitrogen and oxygen atoms in total. The maximum absolute atomic E-state index is 9.62. The molecule has 0 saturated heterocycles. The second-order valence-electron chi connectivity index (χ2n) is 8.74. The van der Waals surface area contributed by atoms with E-state index in [0.29, 0.717) is 11.7 Å². The number of nitrogens with zero attached hydrogens (tertiary/aromatic N) is 1. The number of hydrogen-bond acceptors (Lipinski definition) is 2. The fourth-order valence-corrected chi connectivity index (χ4v) is 4.37. The standard InChI is InChI=1S/C29H35NO/c1-3-5-23-6-8-24(9-7-23)12-16-27-17-13-26(21-28(27)22-30)11-10-25-14-18-29(19-15-25)31-20-4-2/h6-9,13,17,21,25,29H,3-5,10-11,14-15,18-20H2,1-2H3. The Labute approximate surface area is 188 Å². The normalized spacial score (nSPS) is 18.1. The van der Waals surface area contributed by atoms with E-state index < -0.39 is 0 Å². The van der Waals surface area contributed by atoms with Crippen LogP contribution < -0.4 is 0 Å². The summed E-state index contributed by atoms with van der Waals surface area (Å²) in [5.74, 6) is 7.19. The number of rotatable bonds is 8. The molecule has 31 heavy (non-hydrogen) atoms. The first-order valence-electron chi connectivity index (χ1n) is 12.0. The summed E-state index contributed by atoms with van der Waals surface area (Å²) < 4.78 is 5.91. The summed E-state index contributed by atoms with van der Waals surface area (Å²) in [5, 5.41) is 9.62. The van der Waals surface area contributed by atoms with Crippen molar-refractivity contribution in [2.75, 3.05) is 6.61 Å². The topological polar surface area (TPSA) is 33.0 Å². The molecule has 1 aliphatic carbocycles. The van der Waals surface area contributed by atoms with Gasteiger partial charge in [0, 0.05) is 17.7 Å². The maximum atomic E-state index is 9.62. The highest BCUT2D eigenvalue weighted by Gasteiger charge is 2.21. The zero-order valence-electron chi connectivity index (χ0n) is 19.1. The van der Waals surface area contributed by atoms with E-state index in [2.05, 4.69) is 62.1 Å². The zero-order valence-corrected chi connectivity index (χ0v) is 19.1. The van der Waals surface area contributed by atoms with E-state index in [4.69, 9.17) is 4.74 Å².